The maximum Gasteiger partial charge on any atom is 0.412 e. The van der Waals surface area contributed by atoms with Gasteiger partial charge >= 0.3 is 6.09 Å². The van der Waals surface area contributed by atoms with Gasteiger partial charge in [-0.25, -0.2) is 4.79 Å². The third kappa shape index (κ3) is 3.23. The molecule has 1 saturated carbocycles. The molecule has 0 unspecified atom stereocenters. The van der Waals surface area contributed by atoms with Crippen molar-refractivity contribution in [1.82, 2.24) is 0 Å². The van der Waals surface area contributed by atoms with Crippen LogP contribution in [0.1, 0.15) is 39.2 Å². The fourth-order valence-corrected chi connectivity index (χ4v) is 2.33. The maximum atomic E-state index is 11.7. The molecular formula is C15H17ClN2O2. The van der Waals surface area contributed by atoms with Crippen LogP contribution < -0.4 is 5.32 Å². The number of hydrogen-bond donors (Lipinski definition) is 1. The van der Waals surface area contributed by atoms with Gasteiger partial charge in [-0.2, -0.15) is 5.26 Å². The topological polar surface area (TPSA) is 62.1 Å². The number of hydrogen-bond acceptors (Lipinski definition) is 3. The van der Waals surface area contributed by atoms with Crippen LogP contribution in [0.4, 0.5) is 10.5 Å². The maximum absolute atomic E-state index is 11.7. The summed E-state index contributed by atoms with van der Waals surface area (Å²) in [6, 6.07) is 7.49. The largest absolute Gasteiger partial charge is 0.444 e. The Hall–Kier alpha value is -1.73. The number of ether oxygens (including phenoxy) is 1. The number of halogens is 1. The lowest BCUT2D eigenvalue weighted by Crippen LogP contribution is -2.27. The molecule has 0 atom stereocenters. The van der Waals surface area contributed by atoms with E-state index in [2.05, 4.69) is 11.4 Å². The Bertz CT molecular complexity index is 581. The Balaban J connectivity index is 2.11. The van der Waals surface area contributed by atoms with Crippen molar-refractivity contribution in [3.05, 3.63) is 28.8 Å². The summed E-state index contributed by atoms with van der Waals surface area (Å²) in [6.45, 7) is 5.39. The number of rotatable bonds is 2. The Kier molecular flexibility index (Phi) is 3.66. The lowest BCUT2D eigenvalue weighted by Gasteiger charge is -2.20. The van der Waals surface area contributed by atoms with Crippen molar-refractivity contribution in [1.29, 1.82) is 5.26 Å². The Labute approximate surface area is 123 Å². The highest BCUT2D eigenvalue weighted by atomic mass is 35.5. The van der Waals surface area contributed by atoms with Crippen LogP contribution >= 0.6 is 11.6 Å². The molecule has 1 aliphatic carbocycles. The average molecular weight is 293 g/mol. The molecule has 1 amide bonds. The minimum Gasteiger partial charge on any atom is -0.444 e. The standard InChI is InChI=1S/C15H17ClN2O2/c1-14(2,3)20-13(19)18-10-4-5-11(12(16)8-10)15(9-17)6-7-15/h4-5,8H,6-7H2,1-3H3,(H,18,19). The van der Waals surface area contributed by atoms with Crippen molar-refractivity contribution in [2.45, 2.75) is 44.6 Å². The van der Waals surface area contributed by atoms with E-state index in [1.165, 1.54) is 0 Å². The van der Waals surface area contributed by atoms with Gasteiger partial charge in [0.05, 0.1) is 11.5 Å². The van der Waals surface area contributed by atoms with Gasteiger partial charge in [0, 0.05) is 10.7 Å². The zero-order valence-corrected chi connectivity index (χ0v) is 12.5. The number of benzene rings is 1. The first-order chi connectivity index (χ1) is 9.26. The molecule has 0 aromatic heterocycles. The molecule has 0 aliphatic heterocycles. The predicted molar refractivity (Wildman–Crippen MR) is 77.8 cm³/mol. The number of nitriles is 1. The van der Waals surface area contributed by atoms with Crippen LogP contribution in [0.5, 0.6) is 0 Å². The van der Waals surface area contributed by atoms with Crippen molar-refractivity contribution in [3.8, 4) is 6.07 Å². The van der Waals surface area contributed by atoms with Gasteiger partial charge in [-0.3, -0.25) is 5.32 Å². The summed E-state index contributed by atoms with van der Waals surface area (Å²) in [4.78, 5) is 11.7. The highest BCUT2D eigenvalue weighted by Gasteiger charge is 2.46. The van der Waals surface area contributed by atoms with Crippen molar-refractivity contribution < 1.29 is 9.53 Å². The predicted octanol–water partition coefficient (Wildman–Crippen LogP) is 4.24. The zero-order chi connectivity index (χ0) is 15.0. The Morgan fingerprint density at radius 2 is 2.10 bits per heavy atom. The highest BCUT2D eigenvalue weighted by molar-refractivity contribution is 6.32. The number of nitrogens with one attached hydrogen (secondary N) is 1. The molecule has 0 spiro atoms. The third-order valence-corrected chi connectivity index (χ3v) is 3.41. The van der Waals surface area contributed by atoms with E-state index in [9.17, 15) is 10.1 Å². The van der Waals surface area contributed by atoms with Crippen LogP contribution in [0.2, 0.25) is 5.02 Å². The van der Waals surface area contributed by atoms with Crippen molar-refractivity contribution in [3.63, 3.8) is 0 Å². The molecule has 2 rings (SSSR count). The SMILES string of the molecule is CC(C)(C)OC(=O)Nc1ccc(C2(C#N)CC2)c(Cl)c1. The normalized spacial score (nSPS) is 16.1. The van der Waals surface area contributed by atoms with E-state index in [-0.39, 0.29) is 0 Å². The van der Waals surface area contributed by atoms with Gasteiger partial charge < -0.3 is 4.74 Å². The van der Waals surface area contributed by atoms with Gasteiger partial charge in [0.1, 0.15) is 5.60 Å². The van der Waals surface area contributed by atoms with E-state index >= 15 is 0 Å². The van der Waals surface area contributed by atoms with Gasteiger partial charge in [-0.1, -0.05) is 17.7 Å². The summed E-state index contributed by atoms with van der Waals surface area (Å²) >= 11 is 6.21. The second-order valence-electron chi connectivity index (χ2n) is 6.02. The zero-order valence-electron chi connectivity index (χ0n) is 11.8. The van der Waals surface area contributed by atoms with Crippen molar-refractivity contribution in [2.75, 3.05) is 5.32 Å². The molecule has 0 heterocycles. The van der Waals surface area contributed by atoms with Gasteiger partial charge in [-0.15, -0.1) is 0 Å². The number of anilines is 1. The summed E-state index contributed by atoms with van der Waals surface area (Å²) in [7, 11) is 0. The second kappa shape index (κ2) is 4.99. The molecule has 0 saturated heterocycles. The molecule has 1 N–H and O–H groups in total. The number of carbonyl (C=O) groups is 1. The van der Waals surface area contributed by atoms with Crippen LogP contribution in [0, 0.1) is 11.3 Å². The van der Waals surface area contributed by atoms with Crippen LogP contribution in [0.3, 0.4) is 0 Å². The number of nitrogens with zero attached hydrogens (tertiary/aromatic N) is 1. The van der Waals surface area contributed by atoms with E-state index in [1.54, 1.807) is 39.0 Å². The molecule has 0 radical (unpaired) electrons. The van der Waals surface area contributed by atoms with Gasteiger partial charge in [-0.05, 0) is 51.3 Å². The first-order valence-electron chi connectivity index (χ1n) is 6.47. The lowest BCUT2D eigenvalue weighted by atomic mass is 9.97. The molecule has 4 nitrogen and oxygen atoms in total. The number of amides is 1. The first-order valence-corrected chi connectivity index (χ1v) is 6.85. The van der Waals surface area contributed by atoms with E-state index in [0.29, 0.717) is 10.7 Å². The van der Waals surface area contributed by atoms with Crippen LogP contribution in [-0.2, 0) is 10.2 Å². The summed E-state index contributed by atoms with van der Waals surface area (Å²) in [6.07, 6.45) is 1.15. The van der Waals surface area contributed by atoms with E-state index in [4.69, 9.17) is 16.3 Å². The van der Waals surface area contributed by atoms with E-state index in [1.807, 2.05) is 0 Å². The quantitative estimate of drug-likeness (QED) is 0.886. The van der Waals surface area contributed by atoms with Gasteiger partial charge in [0.25, 0.3) is 0 Å². The van der Waals surface area contributed by atoms with Gasteiger partial charge in [0.15, 0.2) is 0 Å². The molecule has 106 valence electrons. The smallest absolute Gasteiger partial charge is 0.412 e. The van der Waals surface area contributed by atoms with Crippen LogP contribution in [0.25, 0.3) is 0 Å². The fourth-order valence-electron chi connectivity index (χ4n) is 1.97. The third-order valence-electron chi connectivity index (χ3n) is 3.09. The fraction of sp³-hybridized carbons (Fsp3) is 0.467. The molecule has 5 heteroatoms. The Morgan fingerprint density at radius 1 is 1.45 bits per heavy atom. The summed E-state index contributed by atoms with van der Waals surface area (Å²) in [5, 5.41) is 12.3. The Morgan fingerprint density at radius 3 is 2.55 bits per heavy atom. The molecule has 20 heavy (non-hydrogen) atoms. The highest BCUT2D eigenvalue weighted by Crippen LogP contribution is 2.50. The molecule has 1 aromatic rings. The minimum atomic E-state index is -0.549. The average Bonchev–Trinajstić information content (AvgIpc) is 3.07. The van der Waals surface area contributed by atoms with Crippen LogP contribution in [-0.4, -0.2) is 11.7 Å². The van der Waals surface area contributed by atoms with Crippen LogP contribution in [0.15, 0.2) is 18.2 Å². The first kappa shape index (κ1) is 14.7. The molecule has 0 bridgehead atoms. The van der Waals surface area contributed by atoms with E-state index in [0.717, 1.165) is 18.4 Å². The summed E-state index contributed by atoms with van der Waals surface area (Å²) in [5.41, 5.74) is 0.409. The van der Waals surface area contributed by atoms with Crippen molar-refractivity contribution in [2.24, 2.45) is 0 Å². The minimum absolute atomic E-state index is 0.429. The lowest BCUT2D eigenvalue weighted by molar-refractivity contribution is 0.0636. The number of carbonyl (C=O) groups excluding carboxylic acids is 1. The van der Waals surface area contributed by atoms with Crippen molar-refractivity contribution >= 4 is 23.4 Å². The summed E-state index contributed by atoms with van der Waals surface area (Å²) in [5.74, 6) is 0. The summed E-state index contributed by atoms with van der Waals surface area (Å²) < 4.78 is 5.17. The molecule has 1 aromatic carbocycles. The second-order valence-corrected chi connectivity index (χ2v) is 6.42. The molecule has 1 aliphatic rings. The molecule has 1 fully saturated rings. The van der Waals surface area contributed by atoms with E-state index < -0.39 is 17.1 Å². The monoisotopic (exact) mass is 292 g/mol. The van der Waals surface area contributed by atoms with Gasteiger partial charge in [0.2, 0.25) is 0 Å². The molecular weight excluding hydrogens is 276 g/mol.